The highest BCUT2D eigenvalue weighted by Gasteiger charge is 2.33. The first-order chi connectivity index (χ1) is 16.0. The number of amides is 3. The van der Waals surface area contributed by atoms with E-state index in [0.29, 0.717) is 0 Å². The molecule has 33 heavy (non-hydrogen) atoms. The smallest absolute Gasteiger partial charge is 0.287 e. The van der Waals surface area contributed by atoms with Gasteiger partial charge in [-0.05, 0) is 43.0 Å². The van der Waals surface area contributed by atoms with E-state index in [2.05, 4.69) is 10.6 Å². The van der Waals surface area contributed by atoms with Crippen molar-refractivity contribution in [2.75, 3.05) is 26.8 Å². The number of methoxy groups -OCH3 is 1. The largest absolute Gasteiger partial charge is 0.459 e. The molecular weight excluding hydrogens is 422 g/mol. The molecule has 1 fully saturated rings. The Bertz CT molecular complexity index is 922. The Morgan fingerprint density at radius 2 is 1.88 bits per heavy atom. The summed E-state index contributed by atoms with van der Waals surface area (Å²) in [4.78, 5) is 40.6. The number of furan rings is 1. The van der Waals surface area contributed by atoms with Crippen molar-refractivity contribution in [3.8, 4) is 0 Å². The van der Waals surface area contributed by atoms with E-state index in [-0.39, 0.29) is 43.3 Å². The maximum atomic E-state index is 13.5. The standard InChI is InChI=1S/C25H33N3O5/c1-18-9-6-7-12-20(18)23(25(31)27-19-10-4-3-5-11-19)28(14-16-32-2)22(29)17-26-24(30)21-13-8-15-33-21/h6-9,12-13,15,19,23H,3-5,10-11,14,16-17H2,1-2H3,(H,26,30)(H,27,31). The predicted octanol–water partition coefficient (Wildman–Crippen LogP) is 2.98. The molecule has 0 radical (unpaired) electrons. The molecule has 1 aliphatic carbocycles. The van der Waals surface area contributed by atoms with Crippen LogP contribution in [0.5, 0.6) is 0 Å². The maximum absolute atomic E-state index is 13.5. The minimum Gasteiger partial charge on any atom is -0.459 e. The Morgan fingerprint density at radius 3 is 2.55 bits per heavy atom. The van der Waals surface area contributed by atoms with Crippen LogP contribution in [0.1, 0.15) is 59.8 Å². The SMILES string of the molecule is COCCN(C(=O)CNC(=O)c1ccco1)C(C(=O)NC1CCCCC1)c1ccccc1C. The molecule has 0 saturated heterocycles. The minimum atomic E-state index is -0.823. The highest BCUT2D eigenvalue weighted by molar-refractivity contribution is 5.95. The van der Waals surface area contributed by atoms with Crippen LogP contribution in [0.2, 0.25) is 0 Å². The summed E-state index contributed by atoms with van der Waals surface area (Å²) in [5, 5.41) is 5.75. The van der Waals surface area contributed by atoms with E-state index in [4.69, 9.17) is 9.15 Å². The number of benzene rings is 1. The minimum absolute atomic E-state index is 0.107. The molecule has 3 rings (SSSR count). The Hall–Kier alpha value is -3.13. The summed E-state index contributed by atoms with van der Waals surface area (Å²) in [6, 6.07) is 9.97. The lowest BCUT2D eigenvalue weighted by molar-refractivity contribution is -0.141. The normalized spacial score (nSPS) is 15.0. The molecule has 1 unspecified atom stereocenters. The zero-order valence-corrected chi connectivity index (χ0v) is 19.3. The summed E-state index contributed by atoms with van der Waals surface area (Å²) in [6.07, 6.45) is 6.64. The molecule has 178 valence electrons. The van der Waals surface area contributed by atoms with Gasteiger partial charge in [-0.3, -0.25) is 14.4 Å². The molecule has 2 aromatic rings. The Kier molecular flexibility index (Phi) is 9.06. The monoisotopic (exact) mass is 455 g/mol. The van der Waals surface area contributed by atoms with Crippen molar-refractivity contribution in [3.05, 3.63) is 59.5 Å². The van der Waals surface area contributed by atoms with Gasteiger partial charge in [0.15, 0.2) is 5.76 Å². The summed E-state index contributed by atoms with van der Waals surface area (Å²) in [7, 11) is 1.55. The number of carbonyl (C=O) groups is 3. The third-order valence-electron chi connectivity index (χ3n) is 6.00. The second kappa shape index (κ2) is 12.2. The number of hydrogen-bond donors (Lipinski definition) is 2. The lowest BCUT2D eigenvalue weighted by Gasteiger charge is -2.34. The number of aryl methyl sites for hydroxylation is 1. The highest BCUT2D eigenvalue weighted by Crippen LogP contribution is 2.26. The van der Waals surface area contributed by atoms with Gasteiger partial charge in [0.1, 0.15) is 6.04 Å². The molecule has 1 saturated carbocycles. The molecule has 0 aliphatic heterocycles. The van der Waals surface area contributed by atoms with Crippen LogP contribution in [0.4, 0.5) is 0 Å². The summed E-state index contributed by atoms with van der Waals surface area (Å²) >= 11 is 0. The quantitative estimate of drug-likeness (QED) is 0.574. The summed E-state index contributed by atoms with van der Waals surface area (Å²) in [6.45, 7) is 2.14. The van der Waals surface area contributed by atoms with Crippen LogP contribution < -0.4 is 10.6 Å². The van der Waals surface area contributed by atoms with Gasteiger partial charge in [0, 0.05) is 19.7 Å². The number of hydrogen-bond acceptors (Lipinski definition) is 5. The van der Waals surface area contributed by atoms with Crippen molar-refractivity contribution in [2.45, 2.75) is 51.1 Å². The van der Waals surface area contributed by atoms with E-state index < -0.39 is 11.9 Å². The van der Waals surface area contributed by atoms with Gasteiger partial charge < -0.3 is 24.7 Å². The lowest BCUT2D eigenvalue weighted by Crippen LogP contribution is -2.50. The Balaban J connectivity index is 1.83. The van der Waals surface area contributed by atoms with Gasteiger partial charge in [0.25, 0.3) is 5.91 Å². The van der Waals surface area contributed by atoms with Crippen LogP contribution in [0.15, 0.2) is 47.1 Å². The summed E-state index contributed by atoms with van der Waals surface area (Å²) in [5.74, 6) is -0.951. The second-order valence-corrected chi connectivity index (χ2v) is 8.34. The molecule has 1 aliphatic rings. The molecule has 0 spiro atoms. The lowest BCUT2D eigenvalue weighted by atomic mass is 9.94. The first-order valence-corrected chi connectivity index (χ1v) is 11.5. The number of carbonyl (C=O) groups excluding carboxylic acids is 3. The number of ether oxygens (including phenoxy) is 1. The van der Waals surface area contributed by atoms with Gasteiger partial charge in [0.05, 0.1) is 19.4 Å². The maximum Gasteiger partial charge on any atom is 0.287 e. The zero-order chi connectivity index (χ0) is 23.6. The van der Waals surface area contributed by atoms with Crippen molar-refractivity contribution < 1.29 is 23.5 Å². The molecule has 1 heterocycles. The Labute approximate surface area is 194 Å². The molecule has 1 aromatic heterocycles. The van der Waals surface area contributed by atoms with E-state index >= 15 is 0 Å². The average Bonchev–Trinajstić information content (AvgIpc) is 3.36. The van der Waals surface area contributed by atoms with E-state index in [1.54, 1.807) is 13.2 Å². The van der Waals surface area contributed by atoms with Crippen LogP contribution in [0.25, 0.3) is 0 Å². The highest BCUT2D eigenvalue weighted by atomic mass is 16.5. The average molecular weight is 456 g/mol. The molecule has 1 atom stereocenters. The van der Waals surface area contributed by atoms with Crippen molar-refractivity contribution in [2.24, 2.45) is 0 Å². The van der Waals surface area contributed by atoms with Crippen LogP contribution in [-0.4, -0.2) is 55.5 Å². The van der Waals surface area contributed by atoms with Crippen molar-refractivity contribution >= 4 is 17.7 Å². The van der Waals surface area contributed by atoms with Gasteiger partial charge >= 0.3 is 0 Å². The first-order valence-electron chi connectivity index (χ1n) is 11.5. The summed E-state index contributed by atoms with van der Waals surface area (Å²) in [5.41, 5.74) is 1.67. The third-order valence-corrected chi connectivity index (χ3v) is 6.00. The van der Waals surface area contributed by atoms with Gasteiger partial charge in [-0.2, -0.15) is 0 Å². The van der Waals surface area contributed by atoms with E-state index in [9.17, 15) is 14.4 Å². The molecule has 0 bridgehead atoms. The van der Waals surface area contributed by atoms with Crippen molar-refractivity contribution in [3.63, 3.8) is 0 Å². The molecule has 3 amide bonds. The molecule has 8 heteroatoms. The summed E-state index contributed by atoms with van der Waals surface area (Å²) < 4.78 is 10.3. The van der Waals surface area contributed by atoms with Gasteiger partial charge in [-0.15, -0.1) is 0 Å². The topological polar surface area (TPSA) is 101 Å². The number of rotatable bonds is 10. The molecule has 8 nitrogen and oxygen atoms in total. The van der Waals surface area contributed by atoms with Crippen molar-refractivity contribution in [1.29, 1.82) is 0 Å². The first kappa shape index (κ1) is 24.5. The van der Waals surface area contributed by atoms with Crippen LogP contribution in [0.3, 0.4) is 0 Å². The number of nitrogens with one attached hydrogen (secondary N) is 2. The van der Waals surface area contributed by atoms with Gasteiger partial charge in [-0.1, -0.05) is 43.5 Å². The third kappa shape index (κ3) is 6.68. The van der Waals surface area contributed by atoms with E-state index in [1.165, 1.54) is 23.7 Å². The van der Waals surface area contributed by atoms with Crippen LogP contribution in [0, 0.1) is 6.92 Å². The second-order valence-electron chi connectivity index (χ2n) is 8.34. The van der Waals surface area contributed by atoms with Gasteiger partial charge in [-0.25, -0.2) is 0 Å². The zero-order valence-electron chi connectivity index (χ0n) is 19.3. The molecule has 2 N–H and O–H groups in total. The molecular formula is C25H33N3O5. The molecule has 1 aromatic carbocycles. The van der Waals surface area contributed by atoms with Crippen molar-refractivity contribution in [1.82, 2.24) is 15.5 Å². The van der Waals surface area contributed by atoms with Gasteiger partial charge in [0.2, 0.25) is 11.8 Å². The Morgan fingerprint density at radius 1 is 1.12 bits per heavy atom. The van der Waals surface area contributed by atoms with Crippen LogP contribution in [-0.2, 0) is 14.3 Å². The van der Waals surface area contributed by atoms with E-state index in [0.717, 1.165) is 36.8 Å². The van der Waals surface area contributed by atoms with E-state index in [1.807, 2.05) is 31.2 Å². The predicted molar refractivity (Wildman–Crippen MR) is 124 cm³/mol. The fourth-order valence-corrected chi connectivity index (χ4v) is 4.21. The fourth-order valence-electron chi connectivity index (χ4n) is 4.21. The fraction of sp³-hybridized carbons (Fsp3) is 0.480. The number of nitrogens with zero attached hydrogens (tertiary/aromatic N) is 1. The van der Waals surface area contributed by atoms with Crippen LogP contribution >= 0.6 is 0 Å².